The van der Waals surface area contributed by atoms with Crippen molar-refractivity contribution in [2.75, 3.05) is 6.26 Å². The van der Waals surface area contributed by atoms with Crippen LogP contribution in [0.15, 0.2) is 54.3 Å². The van der Waals surface area contributed by atoms with Gasteiger partial charge in [0, 0.05) is 28.9 Å². The van der Waals surface area contributed by atoms with E-state index in [0.717, 1.165) is 5.39 Å². The number of fused-ring (bicyclic) bond motifs is 1. The quantitative estimate of drug-likeness (QED) is 0.356. The van der Waals surface area contributed by atoms with Gasteiger partial charge in [0.05, 0.1) is 21.8 Å². The SMILES string of the molecule is C#Cc1cnc2c(Cl)cc(OC(SC)C(=O)NC(C)(C)C(C=C)=NC(=C)C)cc2c1. The minimum Gasteiger partial charge on any atom is -0.470 e. The summed E-state index contributed by atoms with van der Waals surface area (Å²) >= 11 is 7.60. The van der Waals surface area contributed by atoms with Crippen LogP contribution in [0.25, 0.3) is 10.9 Å². The third-order valence-corrected chi connectivity index (χ3v) is 5.16. The second kappa shape index (κ2) is 9.84. The highest BCUT2D eigenvalue weighted by molar-refractivity contribution is 7.99. The number of terminal acetylenes is 1. The van der Waals surface area contributed by atoms with Gasteiger partial charge in [0.25, 0.3) is 5.91 Å². The van der Waals surface area contributed by atoms with Crippen molar-refractivity contribution in [2.24, 2.45) is 4.99 Å². The van der Waals surface area contributed by atoms with Gasteiger partial charge in [-0.3, -0.25) is 14.8 Å². The lowest BCUT2D eigenvalue weighted by atomic mass is 9.98. The van der Waals surface area contributed by atoms with E-state index in [2.05, 4.69) is 34.4 Å². The molecule has 0 saturated carbocycles. The van der Waals surface area contributed by atoms with E-state index in [1.165, 1.54) is 11.8 Å². The molecule has 2 rings (SSSR count). The summed E-state index contributed by atoms with van der Waals surface area (Å²) in [6.45, 7) is 13.0. The number of carbonyl (C=O) groups excluding carboxylic acids is 1. The van der Waals surface area contributed by atoms with Crippen LogP contribution in [-0.2, 0) is 4.79 Å². The number of rotatable bonds is 8. The minimum absolute atomic E-state index is 0.310. The zero-order valence-electron chi connectivity index (χ0n) is 17.5. The average molecular weight is 442 g/mol. The molecule has 1 N–H and O–H groups in total. The Morgan fingerprint density at radius 1 is 1.47 bits per heavy atom. The maximum Gasteiger partial charge on any atom is 0.272 e. The molecule has 1 heterocycles. The van der Waals surface area contributed by atoms with E-state index < -0.39 is 11.0 Å². The zero-order valence-corrected chi connectivity index (χ0v) is 19.0. The van der Waals surface area contributed by atoms with Gasteiger partial charge in [-0.2, -0.15) is 0 Å². The van der Waals surface area contributed by atoms with Gasteiger partial charge in [-0.05, 0) is 45.2 Å². The summed E-state index contributed by atoms with van der Waals surface area (Å²) in [6, 6.07) is 5.18. The molecule has 0 aliphatic carbocycles. The molecule has 0 aliphatic heterocycles. The fourth-order valence-corrected chi connectivity index (χ4v) is 3.48. The van der Waals surface area contributed by atoms with Crippen LogP contribution in [0, 0.1) is 12.3 Å². The van der Waals surface area contributed by atoms with Crippen molar-refractivity contribution in [1.29, 1.82) is 0 Å². The first kappa shape index (κ1) is 23.5. The number of nitrogens with one attached hydrogen (secondary N) is 1. The molecule has 1 aromatic carbocycles. The Labute approximate surface area is 186 Å². The number of ether oxygens (including phenoxy) is 1. The molecule has 5 nitrogen and oxygen atoms in total. The van der Waals surface area contributed by atoms with Crippen molar-refractivity contribution in [3.05, 3.63) is 59.9 Å². The van der Waals surface area contributed by atoms with Crippen LogP contribution in [0.1, 0.15) is 26.3 Å². The predicted octanol–water partition coefficient (Wildman–Crippen LogP) is 4.99. The van der Waals surface area contributed by atoms with E-state index in [1.54, 1.807) is 43.7 Å². The zero-order chi connectivity index (χ0) is 22.5. The maximum absolute atomic E-state index is 12.9. The Morgan fingerprint density at radius 3 is 2.73 bits per heavy atom. The highest BCUT2D eigenvalue weighted by atomic mass is 35.5. The molecule has 0 bridgehead atoms. The van der Waals surface area contributed by atoms with Crippen molar-refractivity contribution in [3.8, 4) is 18.1 Å². The predicted molar refractivity (Wildman–Crippen MR) is 127 cm³/mol. The number of carbonyl (C=O) groups is 1. The topological polar surface area (TPSA) is 63.6 Å². The Morgan fingerprint density at radius 2 is 2.17 bits per heavy atom. The number of thioether (sulfide) groups is 1. The number of aromatic nitrogens is 1. The van der Waals surface area contributed by atoms with Crippen molar-refractivity contribution in [2.45, 2.75) is 31.7 Å². The van der Waals surface area contributed by atoms with Crippen LogP contribution < -0.4 is 10.1 Å². The number of aliphatic imine (C=N–C) groups is 1. The maximum atomic E-state index is 12.9. The Hall–Kier alpha value is -2.75. The lowest BCUT2D eigenvalue weighted by Gasteiger charge is -2.29. The van der Waals surface area contributed by atoms with Crippen molar-refractivity contribution < 1.29 is 9.53 Å². The molecule has 30 heavy (non-hydrogen) atoms. The first-order chi connectivity index (χ1) is 14.1. The van der Waals surface area contributed by atoms with Crippen molar-refractivity contribution in [1.82, 2.24) is 10.3 Å². The summed E-state index contributed by atoms with van der Waals surface area (Å²) in [6.07, 6.45) is 10.4. The highest BCUT2D eigenvalue weighted by Gasteiger charge is 2.30. The molecule has 1 atom stereocenters. The van der Waals surface area contributed by atoms with Crippen LogP contribution in [0.2, 0.25) is 5.02 Å². The smallest absolute Gasteiger partial charge is 0.272 e. The van der Waals surface area contributed by atoms with Crippen LogP contribution >= 0.6 is 23.4 Å². The molecule has 0 spiro atoms. The normalized spacial score (nSPS) is 12.7. The van der Waals surface area contributed by atoms with Gasteiger partial charge in [0.15, 0.2) is 0 Å². The van der Waals surface area contributed by atoms with Gasteiger partial charge >= 0.3 is 0 Å². The molecule has 156 valence electrons. The van der Waals surface area contributed by atoms with Crippen LogP contribution in [-0.4, -0.2) is 33.8 Å². The standard InChI is InChI=1S/C23H24ClN3O2S/c1-8-15-10-16-11-17(12-18(24)20(16)25-13-15)29-22(30-7)21(28)27-23(5,6)19(9-2)26-14(3)4/h1,9-13,22H,2-3H2,4-7H3,(H,27,28). The molecular weight excluding hydrogens is 418 g/mol. The van der Waals surface area contributed by atoms with E-state index in [4.69, 9.17) is 22.8 Å². The number of benzene rings is 1. The second-order valence-corrected chi connectivity index (χ2v) is 8.39. The number of allylic oxidation sites excluding steroid dienone is 1. The van der Waals surface area contributed by atoms with E-state index in [9.17, 15) is 4.79 Å². The fourth-order valence-electron chi connectivity index (χ4n) is 2.74. The summed E-state index contributed by atoms with van der Waals surface area (Å²) in [5.74, 6) is 2.67. The third kappa shape index (κ3) is 5.65. The molecule has 0 aliphatic rings. The van der Waals surface area contributed by atoms with Crippen LogP contribution in [0.4, 0.5) is 0 Å². The summed E-state index contributed by atoms with van der Waals surface area (Å²) in [4.78, 5) is 21.5. The molecule has 1 amide bonds. The van der Waals surface area contributed by atoms with Gasteiger partial charge in [-0.15, -0.1) is 18.2 Å². The van der Waals surface area contributed by atoms with Crippen LogP contribution in [0.5, 0.6) is 5.75 Å². The van der Waals surface area contributed by atoms with Gasteiger partial charge < -0.3 is 10.1 Å². The number of halogens is 1. The Bertz CT molecular complexity index is 1070. The second-order valence-electron chi connectivity index (χ2n) is 7.08. The summed E-state index contributed by atoms with van der Waals surface area (Å²) in [7, 11) is 0. The van der Waals surface area contributed by atoms with E-state index in [1.807, 2.05) is 13.8 Å². The number of nitrogens with zero attached hydrogens (tertiary/aromatic N) is 2. The minimum atomic E-state index is -0.808. The largest absolute Gasteiger partial charge is 0.470 e. The molecule has 0 saturated heterocycles. The Balaban J connectivity index is 2.28. The molecule has 7 heteroatoms. The first-order valence-corrected chi connectivity index (χ1v) is 10.7. The molecule has 2 aromatic rings. The summed E-state index contributed by atoms with van der Waals surface area (Å²) < 4.78 is 5.93. The number of hydrogen-bond donors (Lipinski definition) is 1. The van der Waals surface area contributed by atoms with E-state index >= 15 is 0 Å². The van der Waals surface area contributed by atoms with Gasteiger partial charge in [-0.1, -0.05) is 30.7 Å². The lowest BCUT2D eigenvalue weighted by molar-refractivity contribution is -0.125. The van der Waals surface area contributed by atoms with Crippen LogP contribution in [0.3, 0.4) is 0 Å². The van der Waals surface area contributed by atoms with Gasteiger partial charge in [0.2, 0.25) is 5.44 Å². The Kier molecular flexibility index (Phi) is 7.71. The van der Waals surface area contributed by atoms with Crippen molar-refractivity contribution >= 4 is 45.9 Å². The van der Waals surface area contributed by atoms with E-state index in [-0.39, 0.29) is 5.91 Å². The molecule has 0 fully saturated rings. The fraction of sp³-hybridized carbons (Fsp3) is 0.261. The monoisotopic (exact) mass is 441 g/mol. The first-order valence-electron chi connectivity index (χ1n) is 9.05. The summed E-state index contributed by atoms with van der Waals surface area (Å²) in [5.41, 5.74) is 0.895. The molecule has 1 unspecified atom stereocenters. The van der Waals surface area contributed by atoms with Crippen molar-refractivity contribution in [3.63, 3.8) is 0 Å². The number of amides is 1. The summed E-state index contributed by atoms with van der Waals surface area (Å²) in [5, 5.41) is 4.10. The number of pyridine rings is 1. The third-order valence-electron chi connectivity index (χ3n) is 4.13. The van der Waals surface area contributed by atoms with Gasteiger partial charge in [-0.25, -0.2) is 0 Å². The van der Waals surface area contributed by atoms with Gasteiger partial charge in [0.1, 0.15) is 5.75 Å². The number of hydrogen-bond acceptors (Lipinski definition) is 5. The van der Waals surface area contributed by atoms with E-state index in [0.29, 0.717) is 33.3 Å². The molecule has 0 radical (unpaired) electrons. The molecule has 1 aromatic heterocycles. The lowest BCUT2D eigenvalue weighted by Crippen LogP contribution is -2.52. The average Bonchev–Trinajstić information content (AvgIpc) is 2.68. The highest BCUT2D eigenvalue weighted by Crippen LogP contribution is 2.30. The molecular formula is C23H24ClN3O2S.